The predicted molar refractivity (Wildman–Crippen MR) is 121 cm³/mol. The lowest BCUT2D eigenvalue weighted by atomic mass is 10.1. The van der Waals surface area contributed by atoms with Crippen LogP contribution in [0.4, 0.5) is 0 Å². The molecule has 7 nitrogen and oxygen atoms in total. The first-order chi connectivity index (χ1) is 14.8. The minimum absolute atomic E-state index is 0.0449. The molecule has 0 aliphatic rings. The average molecular weight is 416 g/mol. The van der Waals surface area contributed by atoms with Gasteiger partial charge in [-0.3, -0.25) is 14.6 Å². The van der Waals surface area contributed by atoms with Gasteiger partial charge >= 0.3 is 0 Å². The van der Waals surface area contributed by atoms with Gasteiger partial charge < -0.3 is 14.6 Å². The number of rotatable bonds is 5. The van der Waals surface area contributed by atoms with Crippen molar-refractivity contribution >= 4 is 27.7 Å². The summed E-state index contributed by atoms with van der Waals surface area (Å²) in [6.45, 7) is 2.17. The highest BCUT2D eigenvalue weighted by molar-refractivity contribution is 5.97. The smallest absolute Gasteiger partial charge is 0.258 e. The molecule has 1 atom stereocenters. The van der Waals surface area contributed by atoms with E-state index in [4.69, 9.17) is 4.98 Å². The summed E-state index contributed by atoms with van der Waals surface area (Å²) >= 11 is 0. The molecular weight excluding hydrogens is 392 g/mol. The molecule has 7 heteroatoms. The highest BCUT2D eigenvalue weighted by Gasteiger charge is 2.14. The third-order valence-electron chi connectivity index (χ3n) is 5.39. The summed E-state index contributed by atoms with van der Waals surface area (Å²) in [6, 6.07) is 12.7. The molecule has 158 valence electrons. The summed E-state index contributed by atoms with van der Waals surface area (Å²) in [6.07, 6.45) is 3.50. The summed E-state index contributed by atoms with van der Waals surface area (Å²) in [5.41, 5.74) is 3.31. The molecule has 4 aromatic rings. The number of carbonyl (C=O) groups excluding carboxylic acids is 1. The Hall–Kier alpha value is -3.58. The number of amides is 1. The summed E-state index contributed by atoms with van der Waals surface area (Å²) in [7, 11) is 3.45. The topological polar surface area (TPSA) is 88.3 Å². The van der Waals surface area contributed by atoms with Crippen LogP contribution in [-0.4, -0.2) is 50.1 Å². The molecule has 2 aromatic heterocycles. The van der Waals surface area contributed by atoms with Crippen molar-refractivity contribution in [3.05, 3.63) is 70.8 Å². The van der Waals surface area contributed by atoms with Gasteiger partial charge in [-0.15, -0.1) is 0 Å². The zero-order chi connectivity index (χ0) is 22.1. The van der Waals surface area contributed by atoms with Gasteiger partial charge in [0.1, 0.15) is 0 Å². The Morgan fingerprint density at radius 2 is 1.97 bits per heavy atom. The summed E-state index contributed by atoms with van der Waals surface area (Å²) in [4.78, 5) is 35.8. The second-order valence-corrected chi connectivity index (χ2v) is 7.86. The fourth-order valence-electron chi connectivity index (χ4n) is 3.49. The average Bonchev–Trinajstić information content (AvgIpc) is 2.78. The summed E-state index contributed by atoms with van der Waals surface area (Å²) in [5.74, 6) is -0.128. The zero-order valence-corrected chi connectivity index (χ0v) is 17.7. The molecule has 0 saturated heterocycles. The molecule has 1 amide bonds. The number of nitrogens with zero attached hydrogens (tertiary/aromatic N) is 4. The van der Waals surface area contributed by atoms with E-state index in [9.17, 15) is 14.7 Å². The maximum atomic E-state index is 12.7. The van der Waals surface area contributed by atoms with Crippen molar-refractivity contribution in [3.63, 3.8) is 0 Å². The van der Waals surface area contributed by atoms with E-state index in [1.54, 1.807) is 67.1 Å². The van der Waals surface area contributed by atoms with Crippen molar-refractivity contribution < 1.29 is 9.90 Å². The number of aliphatic hydroxyl groups excluding tert-OH is 1. The monoisotopic (exact) mass is 416 g/mol. The van der Waals surface area contributed by atoms with E-state index >= 15 is 0 Å². The third-order valence-corrected chi connectivity index (χ3v) is 5.39. The van der Waals surface area contributed by atoms with Crippen LogP contribution in [0.3, 0.4) is 0 Å². The minimum Gasteiger partial charge on any atom is -0.393 e. The Balaban J connectivity index is 1.69. The molecular formula is C24H24N4O3. The number of fused-ring (bicyclic) bond motifs is 2. The Morgan fingerprint density at radius 1 is 1.16 bits per heavy atom. The first-order valence-corrected chi connectivity index (χ1v) is 10.1. The van der Waals surface area contributed by atoms with Gasteiger partial charge in [-0.25, -0.2) is 4.98 Å². The highest BCUT2D eigenvalue weighted by atomic mass is 16.3. The molecule has 2 heterocycles. The summed E-state index contributed by atoms with van der Waals surface area (Å²) < 4.78 is 1.55. The largest absolute Gasteiger partial charge is 0.393 e. The Morgan fingerprint density at radius 3 is 2.74 bits per heavy atom. The van der Waals surface area contributed by atoms with Crippen LogP contribution in [0.5, 0.6) is 0 Å². The number of aryl methyl sites for hydroxylation is 1. The Bertz CT molecular complexity index is 1340. The number of aliphatic hydroxyl groups is 1. The van der Waals surface area contributed by atoms with Gasteiger partial charge in [-0.05, 0) is 55.1 Å². The van der Waals surface area contributed by atoms with Crippen molar-refractivity contribution in [2.24, 2.45) is 7.05 Å². The van der Waals surface area contributed by atoms with Crippen LogP contribution in [0.2, 0.25) is 0 Å². The van der Waals surface area contributed by atoms with Crippen LogP contribution in [0, 0.1) is 0 Å². The van der Waals surface area contributed by atoms with E-state index in [0.29, 0.717) is 40.6 Å². The second kappa shape index (κ2) is 8.28. The second-order valence-electron chi connectivity index (χ2n) is 7.86. The maximum Gasteiger partial charge on any atom is 0.258 e. The minimum atomic E-state index is -0.456. The molecule has 1 N–H and O–H groups in total. The number of aromatic nitrogens is 3. The van der Waals surface area contributed by atoms with Crippen LogP contribution in [-0.2, 0) is 7.05 Å². The van der Waals surface area contributed by atoms with Gasteiger partial charge in [0, 0.05) is 43.4 Å². The molecule has 0 spiro atoms. The number of hydrogen-bond donors (Lipinski definition) is 1. The fraction of sp³-hybridized carbons (Fsp3) is 0.250. The molecule has 4 rings (SSSR count). The molecule has 0 fully saturated rings. The van der Waals surface area contributed by atoms with Crippen LogP contribution in [0.25, 0.3) is 33.1 Å². The number of benzene rings is 2. The number of carbonyl (C=O) groups is 1. The fourth-order valence-corrected chi connectivity index (χ4v) is 3.49. The normalized spacial score (nSPS) is 12.3. The van der Waals surface area contributed by atoms with E-state index in [2.05, 4.69) is 4.98 Å². The van der Waals surface area contributed by atoms with Crippen molar-refractivity contribution in [2.75, 3.05) is 13.6 Å². The highest BCUT2D eigenvalue weighted by Crippen LogP contribution is 2.23. The van der Waals surface area contributed by atoms with Gasteiger partial charge in [-0.1, -0.05) is 6.07 Å². The van der Waals surface area contributed by atoms with Crippen molar-refractivity contribution in [1.82, 2.24) is 19.4 Å². The lowest BCUT2D eigenvalue weighted by Crippen LogP contribution is -2.29. The molecule has 0 aliphatic carbocycles. The molecule has 0 radical (unpaired) electrons. The SMILES string of the molecule is C[C@@H](O)CCN(C)C(=O)c1ccc2ncc(-c3ccc4c(=O)n(C)ccc4c3)nc2c1. The Kier molecular flexibility index (Phi) is 5.52. The lowest BCUT2D eigenvalue weighted by molar-refractivity contribution is 0.0769. The molecule has 0 saturated carbocycles. The van der Waals surface area contributed by atoms with Gasteiger partial charge in [0.15, 0.2) is 0 Å². The zero-order valence-electron chi connectivity index (χ0n) is 17.7. The van der Waals surface area contributed by atoms with Crippen molar-refractivity contribution in [3.8, 4) is 11.3 Å². The van der Waals surface area contributed by atoms with E-state index in [1.807, 2.05) is 18.2 Å². The van der Waals surface area contributed by atoms with Gasteiger partial charge in [0.2, 0.25) is 0 Å². The van der Waals surface area contributed by atoms with Crippen LogP contribution >= 0.6 is 0 Å². The van der Waals surface area contributed by atoms with E-state index in [-0.39, 0.29) is 11.5 Å². The molecule has 0 bridgehead atoms. The Labute approximate surface area is 179 Å². The van der Waals surface area contributed by atoms with Crippen LogP contribution in [0.15, 0.2) is 59.7 Å². The first-order valence-electron chi connectivity index (χ1n) is 10.1. The molecule has 0 unspecified atom stereocenters. The molecule has 31 heavy (non-hydrogen) atoms. The van der Waals surface area contributed by atoms with Crippen LogP contribution in [0.1, 0.15) is 23.7 Å². The third kappa shape index (κ3) is 4.18. The number of hydrogen-bond acceptors (Lipinski definition) is 5. The van der Waals surface area contributed by atoms with Gasteiger partial charge in [0.25, 0.3) is 11.5 Å². The van der Waals surface area contributed by atoms with E-state index in [0.717, 1.165) is 10.9 Å². The molecule has 0 aliphatic heterocycles. The van der Waals surface area contributed by atoms with E-state index in [1.165, 1.54) is 0 Å². The first kappa shape index (κ1) is 20.7. The van der Waals surface area contributed by atoms with Crippen LogP contribution < -0.4 is 5.56 Å². The number of pyridine rings is 1. The van der Waals surface area contributed by atoms with Crippen molar-refractivity contribution in [1.29, 1.82) is 0 Å². The van der Waals surface area contributed by atoms with Gasteiger partial charge in [0.05, 0.1) is 29.0 Å². The maximum absolute atomic E-state index is 12.7. The lowest BCUT2D eigenvalue weighted by Gasteiger charge is -2.18. The quantitative estimate of drug-likeness (QED) is 0.540. The predicted octanol–water partition coefficient (Wildman–Crippen LogP) is 2.99. The standard InChI is InChI=1S/C24H24N4O3/c1-15(29)8-10-27(2)23(30)18-5-7-20-21(13-18)26-22(14-25-20)17-4-6-19-16(12-17)9-11-28(3)24(19)31/h4-7,9,11-15,29H,8,10H2,1-3H3/t15-/m1/s1. The van der Waals surface area contributed by atoms with E-state index < -0.39 is 6.10 Å². The van der Waals surface area contributed by atoms with Crippen molar-refractivity contribution in [2.45, 2.75) is 19.4 Å². The summed E-state index contributed by atoms with van der Waals surface area (Å²) in [5, 5.41) is 10.9. The molecule has 2 aromatic carbocycles. The van der Waals surface area contributed by atoms with Gasteiger partial charge in [-0.2, -0.15) is 0 Å².